The van der Waals surface area contributed by atoms with Gasteiger partial charge in [0.15, 0.2) is 0 Å². The van der Waals surface area contributed by atoms with Gasteiger partial charge in [0.25, 0.3) is 0 Å². The number of hydrogen-bond acceptors (Lipinski definition) is 4. The summed E-state index contributed by atoms with van der Waals surface area (Å²) in [5, 5.41) is 5.22. The minimum absolute atomic E-state index is 0.433. The lowest BCUT2D eigenvalue weighted by Crippen LogP contribution is -2.33. The zero-order valence-corrected chi connectivity index (χ0v) is 9.54. The monoisotopic (exact) mass is 214 g/mol. The molecule has 2 nitrogen and oxygen atoms in total. The van der Waals surface area contributed by atoms with Crippen molar-refractivity contribution >= 4 is 23.1 Å². The average Bonchev–Trinajstić information content (AvgIpc) is 2.52. The summed E-state index contributed by atoms with van der Waals surface area (Å²) < 4.78 is 0. The van der Waals surface area contributed by atoms with Gasteiger partial charge in [-0.05, 0) is 26.0 Å². The molecule has 0 aliphatic carbocycles. The number of aromatic nitrogens is 1. The summed E-state index contributed by atoms with van der Waals surface area (Å²) >= 11 is 3.77. The van der Waals surface area contributed by atoms with E-state index in [9.17, 15) is 0 Å². The highest BCUT2D eigenvalue weighted by Gasteiger charge is 2.21. The van der Waals surface area contributed by atoms with Crippen LogP contribution in [0.4, 0.5) is 0 Å². The van der Waals surface area contributed by atoms with Crippen molar-refractivity contribution in [2.75, 3.05) is 5.75 Å². The van der Waals surface area contributed by atoms with Crippen LogP contribution in [-0.2, 0) is 0 Å². The minimum atomic E-state index is 0.433. The Bertz CT molecular complexity index is 285. The fraction of sp³-hybridized carbons (Fsp3) is 0.667. The summed E-state index contributed by atoms with van der Waals surface area (Å²) in [5.74, 6) is 1.25. The fourth-order valence-electron chi connectivity index (χ4n) is 1.39. The highest BCUT2D eigenvalue weighted by molar-refractivity contribution is 7.99. The maximum absolute atomic E-state index is 4.41. The lowest BCUT2D eigenvalue weighted by Gasteiger charge is -2.26. The summed E-state index contributed by atoms with van der Waals surface area (Å²) in [6, 6.07) is 0.635. The van der Waals surface area contributed by atoms with Crippen LogP contribution in [0.1, 0.15) is 28.6 Å². The maximum Gasteiger partial charge on any atom is 0.120 e. The number of aryl methyl sites for hydroxylation is 1. The normalized spacial score (nSPS) is 29.1. The van der Waals surface area contributed by atoms with Crippen LogP contribution in [-0.4, -0.2) is 16.8 Å². The van der Waals surface area contributed by atoms with E-state index in [1.165, 1.54) is 22.1 Å². The molecule has 0 radical (unpaired) electrons. The van der Waals surface area contributed by atoms with Crippen LogP contribution >= 0.6 is 23.1 Å². The Labute approximate surface area is 87.1 Å². The third-order valence-corrected chi connectivity index (χ3v) is 4.43. The Morgan fingerprint density at radius 2 is 2.46 bits per heavy atom. The lowest BCUT2D eigenvalue weighted by molar-refractivity contribution is 0.511. The molecule has 2 atom stereocenters. The maximum atomic E-state index is 4.41. The summed E-state index contributed by atoms with van der Waals surface area (Å²) in [5.41, 5.74) is 0. The van der Waals surface area contributed by atoms with Gasteiger partial charge in [0.2, 0.25) is 0 Å². The Kier molecular flexibility index (Phi) is 2.91. The number of rotatable bonds is 1. The molecule has 2 unspecified atom stereocenters. The number of thiazole rings is 1. The number of thioether (sulfide) groups is 1. The molecule has 1 aliphatic heterocycles. The molecule has 4 heteroatoms. The summed E-state index contributed by atoms with van der Waals surface area (Å²) in [7, 11) is 0. The van der Waals surface area contributed by atoms with Crippen molar-refractivity contribution < 1.29 is 0 Å². The first-order valence-electron chi connectivity index (χ1n) is 4.55. The molecular formula is C9H14N2S2. The van der Waals surface area contributed by atoms with Crippen molar-refractivity contribution in [1.29, 1.82) is 0 Å². The predicted molar refractivity (Wildman–Crippen MR) is 59.3 cm³/mol. The number of hydrogen-bond donors (Lipinski definition) is 1. The van der Waals surface area contributed by atoms with E-state index in [0.29, 0.717) is 11.4 Å². The average molecular weight is 214 g/mol. The first kappa shape index (κ1) is 9.49. The molecule has 0 saturated carbocycles. The van der Waals surface area contributed by atoms with Gasteiger partial charge in [0.05, 0.1) is 0 Å². The second kappa shape index (κ2) is 3.98. The second-order valence-corrected chi connectivity index (χ2v) is 5.90. The molecule has 72 valence electrons. The van der Waals surface area contributed by atoms with Gasteiger partial charge in [-0.1, -0.05) is 0 Å². The van der Waals surface area contributed by atoms with E-state index < -0.39 is 0 Å². The van der Waals surface area contributed by atoms with Gasteiger partial charge in [-0.15, -0.1) is 23.1 Å². The topological polar surface area (TPSA) is 24.9 Å². The van der Waals surface area contributed by atoms with Crippen LogP contribution in [0.5, 0.6) is 0 Å². The van der Waals surface area contributed by atoms with Gasteiger partial charge >= 0.3 is 0 Å². The summed E-state index contributed by atoms with van der Waals surface area (Å²) in [6.45, 7) is 4.35. The summed E-state index contributed by atoms with van der Waals surface area (Å²) in [6.07, 6.45) is 3.23. The van der Waals surface area contributed by atoms with E-state index in [1.54, 1.807) is 11.3 Å². The molecule has 0 amide bonds. The molecular weight excluding hydrogens is 200 g/mol. The largest absolute Gasteiger partial charge is 0.297 e. The standard InChI is InChI=1S/C9H14N2S2/c1-6-3-4-12-9(11-6)8-10-5-7(2)13-8/h5-6,9,11H,3-4H2,1-2H3. The molecule has 1 aromatic rings. The van der Waals surface area contributed by atoms with E-state index in [-0.39, 0.29) is 0 Å². The Balaban J connectivity index is 2.08. The molecule has 1 N–H and O–H groups in total. The molecule has 13 heavy (non-hydrogen) atoms. The molecule has 2 rings (SSSR count). The Morgan fingerprint density at radius 1 is 1.62 bits per heavy atom. The number of nitrogens with zero attached hydrogens (tertiary/aromatic N) is 1. The van der Waals surface area contributed by atoms with E-state index in [0.717, 1.165) is 0 Å². The quantitative estimate of drug-likeness (QED) is 0.777. The zero-order valence-electron chi connectivity index (χ0n) is 7.91. The minimum Gasteiger partial charge on any atom is -0.297 e. The van der Waals surface area contributed by atoms with E-state index >= 15 is 0 Å². The smallest absolute Gasteiger partial charge is 0.120 e. The van der Waals surface area contributed by atoms with Gasteiger partial charge in [-0.25, -0.2) is 4.98 Å². The van der Waals surface area contributed by atoms with Crippen molar-refractivity contribution in [2.45, 2.75) is 31.7 Å². The Morgan fingerprint density at radius 3 is 3.08 bits per heavy atom. The first-order chi connectivity index (χ1) is 6.25. The van der Waals surface area contributed by atoms with Gasteiger partial charge in [0, 0.05) is 17.1 Å². The third-order valence-electron chi connectivity index (χ3n) is 2.13. The van der Waals surface area contributed by atoms with Crippen LogP contribution in [0.15, 0.2) is 6.20 Å². The molecule has 0 bridgehead atoms. The molecule has 2 heterocycles. The third kappa shape index (κ3) is 2.24. The molecule has 1 saturated heterocycles. The van der Waals surface area contributed by atoms with Crippen LogP contribution in [0, 0.1) is 6.92 Å². The highest BCUT2D eigenvalue weighted by atomic mass is 32.2. The second-order valence-electron chi connectivity index (χ2n) is 3.42. The molecule has 1 fully saturated rings. The van der Waals surface area contributed by atoms with Crippen molar-refractivity contribution in [2.24, 2.45) is 0 Å². The van der Waals surface area contributed by atoms with Gasteiger partial charge in [0.1, 0.15) is 10.4 Å². The predicted octanol–water partition coefficient (Wildman–Crippen LogP) is 2.57. The van der Waals surface area contributed by atoms with Crippen molar-refractivity contribution in [3.05, 3.63) is 16.1 Å². The lowest BCUT2D eigenvalue weighted by atomic mass is 10.2. The van der Waals surface area contributed by atoms with Crippen LogP contribution in [0.25, 0.3) is 0 Å². The van der Waals surface area contributed by atoms with Crippen molar-refractivity contribution in [3.8, 4) is 0 Å². The summed E-state index contributed by atoms with van der Waals surface area (Å²) in [4.78, 5) is 5.71. The molecule has 1 aromatic heterocycles. The fourth-order valence-corrected chi connectivity index (χ4v) is 3.71. The van der Waals surface area contributed by atoms with E-state index in [2.05, 4.69) is 24.1 Å². The number of nitrogens with one attached hydrogen (secondary N) is 1. The van der Waals surface area contributed by atoms with Crippen LogP contribution in [0.3, 0.4) is 0 Å². The van der Waals surface area contributed by atoms with E-state index in [4.69, 9.17) is 0 Å². The van der Waals surface area contributed by atoms with Crippen LogP contribution in [0.2, 0.25) is 0 Å². The van der Waals surface area contributed by atoms with Crippen molar-refractivity contribution in [3.63, 3.8) is 0 Å². The van der Waals surface area contributed by atoms with Crippen molar-refractivity contribution in [1.82, 2.24) is 10.3 Å². The molecule has 0 spiro atoms. The van der Waals surface area contributed by atoms with E-state index in [1.807, 2.05) is 18.0 Å². The first-order valence-corrected chi connectivity index (χ1v) is 6.42. The highest BCUT2D eigenvalue weighted by Crippen LogP contribution is 2.33. The van der Waals surface area contributed by atoms with Crippen LogP contribution < -0.4 is 5.32 Å². The molecule has 1 aliphatic rings. The van der Waals surface area contributed by atoms with Gasteiger partial charge in [-0.2, -0.15) is 0 Å². The zero-order chi connectivity index (χ0) is 9.26. The molecule has 0 aromatic carbocycles. The SMILES string of the molecule is Cc1cnc(C2NC(C)CCS2)s1. The Hall–Kier alpha value is -0.0600. The van der Waals surface area contributed by atoms with Gasteiger partial charge in [-0.3, -0.25) is 5.32 Å². The van der Waals surface area contributed by atoms with Gasteiger partial charge < -0.3 is 0 Å².